The summed E-state index contributed by atoms with van der Waals surface area (Å²) in [5.41, 5.74) is 9.97. The summed E-state index contributed by atoms with van der Waals surface area (Å²) in [6.45, 7) is 6.43. The Bertz CT molecular complexity index is 367. The van der Waals surface area contributed by atoms with E-state index in [1.807, 2.05) is 6.07 Å². The van der Waals surface area contributed by atoms with Crippen LogP contribution in [0.25, 0.3) is 0 Å². The van der Waals surface area contributed by atoms with Crippen LogP contribution in [0.5, 0.6) is 0 Å². The Kier molecular flexibility index (Phi) is 3.20. The second-order valence-electron chi connectivity index (χ2n) is 5.16. The highest BCUT2D eigenvalue weighted by atomic mass is 14.9. The third kappa shape index (κ3) is 2.56. The lowest BCUT2D eigenvalue weighted by Gasteiger charge is -2.14. The van der Waals surface area contributed by atoms with E-state index >= 15 is 0 Å². The highest BCUT2D eigenvalue weighted by molar-refractivity contribution is 5.48. The third-order valence-corrected chi connectivity index (χ3v) is 3.82. The number of benzene rings is 1. The average Bonchev–Trinajstić information content (AvgIpc) is 3.04. The Morgan fingerprint density at radius 1 is 1.38 bits per heavy atom. The number of nitrogen functional groups attached to an aromatic ring is 1. The summed E-state index contributed by atoms with van der Waals surface area (Å²) in [4.78, 5) is 0. The number of hydrogen-bond donors (Lipinski definition) is 2. The van der Waals surface area contributed by atoms with Crippen molar-refractivity contribution in [1.29, 1.82) is 0 Å². The van der Waals surface area contributed by atoms with Gasteiger partial charge in [-0.1, -0.05) is 24.6 Å². The SMILES string of the molecule is CCC1(CNCc2cc(C)ccc2N)CC1. The average molecular weight is 218 g/mol. The normalized spacial score (nSPS) is 17.4. The fourth-order valence-electron chi connectivity index (χ4n) is 2.18. The molecule has 1 aliphatic carbocycles. The van der Waals surface area contributed by atoms with Crippen molar-refractivity contribution in [2.75, 3.05) is 12.3 Å². The lowest BCUT2D eigenvalue weighted by Crippen LogP contribution is -2.23. The van der Waals surface area contributed by atoms with Gasteiger partial charge in [0, 0.05) is 18.8 Å². The van der Waals surface area contributed by atoms with Gasteiger partial charge in [0.15, 0.2) is 0 Å². The Morgan fingerprint density at radius 3 is 2.75 bits per heavy atom. The number of hydrogen-bond acceptors (Lipinski definition) is 2. The molecule has 2 rings (SSSR count). The van der Waals surface area contributed by atoms with Crippen molar-refractivity contribution in [3.8, 4) is 0 Å². The predicted octanol–water partition coefficient (Wildman–Crippen LogP) is 2.86. The summed E-state index contributed by atoms with van der Waals surface area (Å²) in [6.07, 6.45) is 4.07. The smallest absolute Gasteiger partial charge is 0.0359 e. The first-order chi connectivity index (χ1) is 7.65. The van der Waals surface area contributed by atoms with Crippen molar-refractivity contribution in [3.05, 3.63) is 29.3 Å². The molecule has 1 saturated carbocycles. The zero-order valence-corrected chi connectivity index (χ0v) is 10.3. The lowest BCUT2D eigenvalue weighted by atomic mass is 10.0. The van der Waals surface area contributed by atoms with E-state index in [1.54, 1.807) is 0 Å². The zero-order chi connectivity index (χ0) is 11.6. The fourth-order valence-corrected chi connectivity index (χ4v) is 2.18. The largest absolute Gasteiger partial charge is 0.398 e. The number of rotatable bonds is 5. The first-order valence-corrected chi connectivity index (χ1v) is 6.21. The van der Waals surface area contributed by atoms with Crippen LogP contribution in [0.1, 0.15) is 37.3 Å². The first-order valence-electron chi connectivity index (χ1n) is 6.21. The molecule has 3 N–H and O–H groups in total. The molecule has 2 nitrogen and oxygen atoms in total. The quantitative estimate of drug-likeness (QED) is 0.746. The summed E-state index contributed by atoms with van der Waals surface area (Å²) >= 11 is 0. The van der Waals surface area contributed by atoms with Gasteiger partial charge in [-0.3, -0.25) is 0 Å². The molecule has 2 heteroatoms. The first kappa shape index (κ1) is 11.5. The molecule has 0 aromatic heterocycles. The van der Waals surface area contributed by atoms with E-state index in [0.29, 0.717) is 5.41 Å². The van der Waals surface area contributed by atoms with Crippen LogP contribution in [0.3, 0.4) is 0 Å². The summed E-state index contributed by atoms with van der Waals surface area (Å²) in [6, 6.07) is 6.24. The number of nitrogens with one attached hydrogen (secondary N) is 1. The molecule has 0 spiro atoms. The van der Waals surface area contributed by atoms with E-state index in [4.69, 9.17) is 5.73 Å². The van der Waals surface area contributed by atoms with Gasteiger partial charge in [0.1, 0.15) is 0 Å². The maximum absolute atomic E-state index is 5.95. The van der Waals surface area contributed by atoms with Crippen LogP contribution in [0.2, 0.25) is 0 Å². The number of nitrogens with two attached hydrogens (primary N) is 1. The molecular formula is C14H22N2. The zero-order valence-electron chi connectivity index (χ0n) is 10.3. The summed E-state index contributed by atoms with van der Waals surface area (Å²) in [5.74, 6) is 0. The Morgan fingerprint density at radius 2 is 2.12 bits per heavy atom. The molecule has 1 aliphatic rings. The molecule has 0 heterocycles. The van der Waals surface area contributed by atoms with Crippen molar-refractivity contribution < 1.29 is 0 Å². The van der Waals surface area contributed by atoms with E-state index in [2.05, 4.69) is 31.3 Å². The van der Waals surface area contributed by atoms with Gasteiger partial charge in [-0.15, -0.1) is 0 Å². The van der Waals surface area contributed by atoms with Crippen LogP contribution in [0.4, 0.5) is 5.69 Å². The topological polar surface area (TPSA) is 38.0 Å². The molecule has 0 aliphatic heterocycles. The number of anilines is 1. The van der Waals surface area contributed by atoms with E-state index in [0.717, 1.165) is 18.8 Å². The van der Waals surface area contributed by atoms with Crippen molar-refractivity contribution in [2.24, 2.45) is 5.41 Å². The van der Waals surface area contributed by atoms with Crippen LogP contribution >= 0.6 is 0 Å². The predicted molar refractivity (Wildman–Crippen MR) is 69.3 cm³/mol. The molecule has 0 atom stereocenters. The Labute approximate surface area is 98.2 Å². The van der Waals surface area contributed by atoms with Gasteiger partial charge in [-0.25, -0.2) is 0 Å². The maximum atomic E-state index is 5.95. The van der Waals surface area contributed by atoms with Crippen molar-refractivity contribution in [3.63, 3.8) is 0 Å². The van der Waals surface area contributed by atoms with Gasteiger partial charge in [0.25, 0.3) is 0 Å². The highest BCUT2D eigenvalue weighted by Crippen LogP contribution is 2.47. The van der Waals surface area contributed by atoms with Gasteiger partial charge in [0.05, 0.1) is 0 Å². The van der Waals surface area contributed by atoms with Gasteiger partial charge in [0.2, 0.25) is 0 Å². The minimum Gasteiger partial charge on any atom is -0.398 e. The monoisotopic (exact) mass is 218 g/mol. The second kappa shape index (κ2) is 4.46. The minimum atomic E-state index is 0.610. The van der Waals surface area contributed by atoms with Crippen LogP contribution in [0.15, 0.2) is 18.2 Å². The van der Waals surface area contributed by atoms with E-state index in [9.17, 15) is 0 Å². The molecule has 0 saturated heterocycles. The highest BCUT2D eigenvalue weighted by Gasteiger charge is 2.39. The van der Waals surface area contributed by atoms with Gasteiger partial charge < -0.3 is 11.1 Å². The molecule has 88 valence electrons. The molecule has 0 unspecified atom stereocenters. The van der Waals surface area contributed by atoms with Crippen LogP contribution in [-0.4, -0.2) is 6.54 Å². The molecule has 1 aromatic rings. The molecule has 16 heavy (non-hydrogen) atoms. The number of aryl methyl sites for hydroxylation is 1. The van der Waals surface area contributed by atoms with Gasteiger partial charge >= 0.3 is 0 Å². The lowest BCUT2D eigenvalue weighted by molar-refractivity contribution is 0.443. The molecular weight excluding hydrogens is 196 g/mol. The summed E-state index contributed by atoms with van der Waals surface area (Å²) in [7, 11) is 0. The molecule has 0 radical (unpaired) electrons. The standard InChI is InChI=1S/C14H22N2/c1-3-14(6-7-14)10-16-9-12-8-11(2)4-5-13(12)15/h4-5,8,16H,3,6-7,9-10,15H2,1-2H3. The van der Waals surface area contributed by atoms with E-state index < -0.39 is 0 Å². The summed E-state index contributed by atoms with van der Waals surface area (Å²) in [5, 5.41) is 3.54. The summed E-state index contributed by atoms with van der Waals surface area (Å²) < 4.78 is 0. The fraction of sp³-hybridized carbons (Fsp3) is 0.571. The maximum Gasteiger partial charge on any atom is 0.0359 e. The second-order valence-corrected chi connectivity index (χ2v) is 5.16. The van der Waals surface area contributed by atoms with Crippen LogP contribution in [0, 0.1) is 12.3 Å². The minimum absolute atomic E-state index is 0.610. The van der Waals surface area contributed by atoms with Gasteiger partial charge in [-0.05, 0) is 43.2 Å². The van der Waals surface area contributed by atoms with Crippen LogP contribution < -0.4 is 11.1 Å². The Balaban J connectivity index is 1.87. The molecule has 0 amide bonds. The third-order valence-electron chi connectivity index (χ3n) is 3.82. The molecule has 1 fully saturated rings. The van der Waals surface area contributed by atoms with Crippen molar-refractivity contribution in [2.45, 2.75) is 39.7 Å². The van der Waals surface area contributed by atoms with E-state index in [1.165, 1.54) is 30.4 Å². The van der Waals surface area contributed by atoms with Crippen molar-refractivity contribution >= 4 is 5.69 Å². The molecule has 0 bridgehead atoms. The molecule has 1 aromatic carbocycles. The van der Waals surface area contributed by atoms with Gasteiger partial charge in [-0.2, -0.15) is 0 Å². The van der Waals surface area contributed by atoms with Crippen molar-refractivity contribution in [1.82, 2.24) is 5.32 Å². The van der Waals surface area contributed by atoms with Crippen LogP contribution in [-0.2, 0) is 6.54 Å². The van der Waals surface area contributed by atoms with E-state index in [-0.39, 0.29) is 0 Å². The Hall–Kier alpha value is -1.02.